The molecule has 0 unspecified atom stereocenters. The van der Waals surface area contributed by atoms with E-state index in [2.05, 4.69) is 44.2 Å². The van der Waals surface area contributed by atoms with Crippen molar-refractivity contribution in [2.75, 3.05) is 13.1 Å². The molecule has 0 radical (unpaired) electrons. The predicted octanol–water partition coefficient (Wildman–Crippen LogP) is 8.91. The highest BCUT2D eigenvalue weighted by Crippen LogP contribution is 2.47. The first-order chi connectivity index (χ1) is 41.0. The molecule has 2 aromatic carbocycles. The lowest BCUT2D eigenvalue weighted by Gasteiger charge is -2.30. The number of rotatable bonds is 6. The second-order valence-corrected chi connectivity index (χ2v) is 28.1. The summed E-state index contributed by atoms with van der Waals surface area (Å²) in [5.74, 6) is -4.91. The minimum Gasteiger partial charge on any atom is -0.479 e. The molecule has 472 valence electrons. The minimum absolute atomic E-state index is 0.00688. The summed E-state index contributed by atoms with van der Waals surface area (Å²) in [6.45, 7) is 14.5. The summed E-state index contributed by atoms with van der Waals surface area (Å²) in [7, 11) is 0. The second-order valence-electron chi connectivity index (χ2n) is 25.4. The molecule has 4 fully saturated rings. The van der Waals surface area contributed by atoms with Gasteiger partial charge in [-0.2, -0.15) is 0 Å². The molecule has 6 aliphatic rings. The van der Waals surface area contributed by atoms with E-state index in [1.54, 1.807) is 41.5 Å². The third kappa shape index (κ3) is 17.3. The van der Waals surface area contributed by atoms with E-state index in [-0.39, 0.29) is 44.2 Å². The molecule has 2 saturated heterocycles. The van der Waals surface area contributed by atoms with Crippen LogP contribution >= 0.6 is 34.3 Å². The predicted molar refractivity (Wildman–Crippen MR) is 328 cm³/mol. The number of allylic oxidation sites excluding steroid dienone is 2. The van der Waals surface area contributed by atoms with Crippen molar-refractivity contribution in [3.63, 3.8) is 0 Å². The quantitative estimate of drug-likeness (QED) is 0.0886. The molecule has 4 aromatic rings. The Labute approximate surface area is 519 Å². The van der Waals surface area contributed by atoms with Crippen LogP contribution < -0.4 is 26.0 Å². The van der Waals surface area contributed by atoms with Crippen LogP contribution in [0.4, 0.5) is 9.59 Å². The van der Waals surface area contributed by atoms with Crippen LogP contribution in [0.15, 0.2) is 60.7 Å². The summed E-state index contributed by atoms with van der Waals surface area (Å²) in [6, 6.07) is 8.21. The number of amides is 6. The number of aromatic nitrogens is 2. The topological polar surface area (TPSA) is 305 Å². The number of aryl methyl sites for hydroxylation is 2. The molecule has 2 aliphatic carbocycles. The largest absolute Gasteiger partial charge is 0.479 e. The normalized spacial score (nSPS) is 28.6. The molecule has 87 heavy (non-hydrogen) atoms. The number of aliphatic carboxylic acids is 2. The first-order valence-electron chi connectivity index (χ1n) is 29.8. The fraction of sp³-hybridized carbons (Fsp3) is 0.581. The van der Waals surface area contributed by atoms with E-state index in [1.807, 2.05) is 61.6 Å². The van der Waals surface area contributed by atoms with E-state index in [0.29, 0.717) is 41.8 Å². The molecule has 2 aromatic heterocycles. The van der Waals surface area contributed by atoms with Gasteiger partial charge in [0.2, 0.25) is 23.6 Å². The summed E-state index contributed by atoms with van der Waals surface area (Å²) in [6.07, 6.45) is 12.4. The zero-order valence-electron chi connectivity index (χ0n) is 50.5. The Bertz CT molecular complexity index is 3280. The highest BCUT2D eigenvalue weighted by Gasteiger charge is 2.63. The Morgan fingerprint density at radius 3 is 1.60 bits per heavy atom. The minimum atomic E-state index is -1.40. The van der Waals surface area contributed by atoms with Crippen molar-refractivity contribution in [3.05, 3.63) is 76.3 Å². The van der Waals surface area contributed by atoms with Gasteiger partial charge in [-0.15, -0.1) is 11.3 Å². The maximum atomic E-state index is 14.1. The highest BCUT2D eigenvalue weighted by atomic mass is 35.5. The molecule has 22 nitrogen and oxygen atoms in total. The molecular formula is C62H81ClN8O14S2. The summed E-state index contributed by atoms with van der Waals surface area (Å²) >= 11 is 8.65. The van der Waals surface area contributed by atoms with Gasteiger partial charge in [-0.1, -0.05) is 85.1 Å². The molecule has 4 aliphatic heterocycles. The van der Waals surface area contributed by atoms with Crippen molar-refractivity contribution in [3.8, 4) is 5.19 Å². The maximum absolute atomic E-state index is 14.1. The van der Waals surface area contributed by atoms with Crippen LogP contribution in [-0.2, 0) is 38.2 Å². The lowest BCUT2D eigenvalue weighted by molar-refractivity contribution is -0.146. The van der Waals surface area contributed by atoms with Crippen molar-refractivity contribution >= 4 is 102 Å². The van der Waals surface area contributed by atoms with Crippen molar-refractivity contribution in [2.24, 2.45) is 11.8 Å². The first-order valence-corrected chi connectivity index (χ1v) is 31.8. The number of ether oxygens (including phenoxy) is 3. The fourth-order valence-corrected chi connectivity index (χ4v) is 13.4. The van der Waals surface area contributed by atoms with Crippen molar-refractivity contribution in [2.45, 2.75) is 204 Å². The number of carboxylic acids is 2. The number of thiazole rings is 2. The smallest absolute Gasteiger partial charge is 0.408 e. The third-order valence-corrected chi connectivity index (χ3v) is 18.0. The van der Waals surface area contributed by atoms with Gasteiger partial charge in [-0.25, -0.2) is 29.1 Å². The number of nitrogens with one attached hydrogen (secondary N) is 4. The number of hydrogen-bond donors (Lipinski definition) is 7. The molecule has 2 saturated carbocycles. The van der Waals surface area contributed by atoms with Crippen LogP contribution in [-0.4, -0.2) is 155 Å². The summed E-state index contributed by atoms with van der Waals surface area (Å²) in [5, 5.41) is 41.2. The van der Waals surface area contributed by atoms with Gasteiger partial charge >= 0.3 is 24.1 Å². The average molecular weight is 1260 g/mol. The zero-order chi connectivity index (χ0) is 63.2. The molecule has 25 heteroatoms. The first kappa shape index (κ1) is 66.1. The van der Waals surface area contributed by atoms with Gasteiger partial charge in [0.15, 0.2) is 4.47 Å². The monoisotopic (exact) mass is 1260 g/mol. The number of fused-ring (bicyclic) bond motifs is 6. The van der Waals surface area contributed by atoms with Crippen LogP contribution in [0.5, 0.6) is 5.19 Å². The maximum Gasteiger partial charge on any atom is 0.408 e. The summed E-state index contributed by atoms with van der Waals surface area (Å²) in [4.78, 5) is 115. The van der Waals surface area contributed by atoms with E-state index in [0.717, 1.165) is 64.5 Å². The van der Waals surface area contributed by atoms with Crippen LogP contribution in [0.3, 0.4) is 0 Å². The van der Waals surface area contributed by atoms with Gasteiger partial charge in [0, 0.05) is 31.2 Å². The number of aliphatic hydroxyl groups excluding tert-OH is 1. The number of carboxylic acid groups (broad SMARTS) is 2. The Kier molecular flexibility index (Phi) is 21.0. The Morgan fingerprint density at radius 2 is 1.11 bits per heavy atom. The number of nitrogens with zero attached hydrogens (tertiary/aromatic N) is 4. The van der Waals surface area contributed by atoms with Gasteiger partial charge in [0.05, 0.1) is 33.1 Å². The van der Waals surface area contributed by atoms with Crippen molar-refractivity contribution < 1.29 is 67.9 Å². The van der Waals surface area contributed by atoms with Crippen LogP contribution in [0.1, 0.15) is 143 Å². The molecule has 6 amide bonds. The van der Waals surface area contributed by atoms with E-state index >= 15 is 0 Å². The van der Waals surface area contributed by atoms with Crippen LogP contribution in [0.25, 0.3) is 20.4 Å². The van der Waals surface area contributed by atoms with Gasteiger partial charge < -0.3 is 60.6 Å². The Hall–Kier alpha value is -6.89. The number of halogens is 1. The van der Waals surface area contributed by atoms with Crippen molar-refractivity contribution in [1.82, 2.24) is 41.0 Å². The van der Waals surface area contributed by atoms with Crippen LogP contribution in [0.2, 0.25) is 4.47 Å². The molecule has 7 N–H and O–H groups in total. The molecular weight excluding hydrogens is 1180 g/mol. The molecule has 10 atom stereocenters. The zero-order valence-corrected chi connectivity index (χ0v) is 52.9. The Balaban J connectivity index is 0.000000196. The van der Waals surface area contributed by atoms with Crippen molar-refractivity contribution in [1.29, 1.82) is 0 Å². The number of carbonyl (C=O) groups excluding carboxylic acids is 6. The highest BCUT2D eigenvalue weighted by molar-refractivity contribution is 7.22. The lowest BCUT2D eigenvalue weighted by Crippen LogP contribution is -2.56. The number of aliphatic hydroxyl groups is 1. The van der Waals surface area contributed by atoms with Gasteiger partial charge in [0.25, 0.3) is 5.19 Å². The second kappa shape index (κ2) is 27.7. The number of carbonyl (C=O) groups is 8. The average Bonchev–Trinajstić information content (AvgIpc) is 1.95. The molecule has 6 heterocycles. The molecule has 0 spiro atoms. The van der Waals surface area contributed by atoms with Gasteiger partial charge in [-0.3, -0.25) is 19.2 Å². The van der Waals surface area contributed by atoms with E-state index in [1.165, 1.54) is 38.0 Å². The fourth-order valence-electron chi connectivity index (χ4n) is 11.3. The lowest BCUT2D eigenvalue weighted by atomic mass is 10.0. The Morgan fingerprint density at radius 1 is 0.655 bits per heavy atom. The number of benzene rings is 2. The van der Waals surface area contributed by atoms with Crippen LogP contribution in [0, 0.1) is 25.7 Å². The molecule has 10 rings (SSSR count). The van der Waals surface area contributed by atoms with Gasteiger partial charge in [-0.05, 0) is 142 Å². The van der Waals surface area contributed by atoms with E-state index in [4.69, 9.17) is 25.8 Å². The standard InChI is InChI=1S/C31H40N4O7S.C23H35N3O7.C8H6ClNS/c1-18-12-13-21-24(14-18)43-29(33-21)41-20-15-23-25(36)34-31(27(38)39)16-19(31)10-8-6-5-7-9-11-22(26(37)35(23)17-20)32-28(40)42-30(2,3)4;1-22(2,3)33-21(32)24-16-10-8-6-4-5-7-9-14-12-23(14,20(30)31)25-18(28)17-11-15(27)13-26(17)19(16)29;1-5-2-3-6-7(4-5)11-8(9)10-6/h8,10,12-14,19-20,22-23H,5-7,9,11,15-17H2,1-4H3,(H,32,40)(H,34,36)(H,38,39);7,9,14-17,27H,4-6,8,10-13H2,1-3H3,(H,24,32)(H,25,28)(H,30,31);2-4H,1H3/b10-8-;9-7-;/t19-,20-,22+,23+,31-;14-,15-,16+,17+,23-;/m11./s1. The number of alkyl carbamates (subject to hydrolysis) is 2. The van der Waals surface area contributed by atoms with E-state index in [9.17, 15) is 53.7 Å². The van der Waals surface area contributed by atoms with E-state index < -0.39 is 106 Å². The summed E-state index contributed by atoms with van der Waals surface area (Å²) < 4.78 is 19.7. The third-order valence-electron chi connectivity index (χ3n) is 16.0. The summed E-state index contributed by atoms with van der Waals surface area (Å²) in [5.41, 5.74) is -0.146. The SMILES string of the molecule is CC(C)(C)OC(=O)N[C@H]1CCCCC/C=C\[C@@H]2C[C@@]2(C(=O)O)NC(=O)[C@@H]2C[C@@H](O)CN2C1=O.Cc1ccc2nc(Cl)sc2c1.Cc1ccc2nc(O[C@@H]3C[C@H]4C(=O)N[C@]5(C(=O)O)C[C@H]5/C=C\CCCCC[C@H](NC(=O)OC(C)(C)C)C(=O)N4C3)sc2c1. The van der Waals surface area contributed by atoms with Gasteiger partial charge in [0.1, 0.15) is 52.6 Å². The molecule has 0 bridgehead atoms. The number of hydrogen-bond acceptors (Lipinski definition) is 16.